The molecule has 0 aliphatic carbocycles. The third kappa shape index (κ3) is 3.33. The van der Waals surface area contributed by atoms with Crippen molar-refractivity contribution in [2.24, 2.45) is 0 Å². The zero-order valence-corrected chi connectivity index (χ0v) is 15.7. The first-order valence-electron chi connectivity index (χ1n) is 8.31. The van der Waals surface area contributed by atoms with Crippen molar-refractivity contribution in [1.82, 2.24) is 4.90 Å². The van der Waals surface area contributed by atoms with Gasteiger partial charge in [-0.2, -0.15) is 0 Å². The van der Waals surface area contributed by atoms with Crippen molar-refractivity contribution in [3.05, 3.63) is 39.2 Å². The monoisotopic (exact) mass is 379 g/mol. The standard InChI is InChI=1S/C18H21NO6S/c1-10-6-14(20)17-11(2)13(18(22)25-15(17)7-10)8-16(21)19(3)12-4-5-26(23,24)9-12/h6-7,12,20H,4-5,8-9H2,1-3H3/t12-/m0/s1. The number of benzene rings is 1. The second-order valence-electron chi connectivity index (χ2n) is 6.89. The summed E-state index contributed by atoms with van der Waals surface area (Å²) in [6, 6.07) is 2.84. The Kier molecular flexibility index (Phi) is 4.56. The maximum atomic E-state index is 12.6. The molecule has 0 radical (unpaired) electrons. The smallest absolute Gasteiger partial charge is 0.340 e. The summed E-state index contributed by atoms with van der Waals surface area (Å²) in [6.45, 7) is 3.44. The number of likely N-dealkylation sites (N-methyl/N-ethyl adjacent to an activating group) is 1. The third-order valence-electron chi connectivity index (χ3n) is 4.98. The molecule has 140 valence electrons. The Balaban J connectivity index is 1.94. The molecular weight excluding hydrogens is 358 g/mol. The summed E-state index contributed by atoms with van der Waals surface area (Å²) in [5.74, 6) is -0.348. The number of rotatable bonds is 3. The molecular formula is C18H21NO6S. The van der Waals surface area contributed by atoms with Crippen LogP contribution < -0.4 is 5.63 Å². The minimum absolute atomic E-state index is 0.00908. The number of hydrogen-bond donors (Lipinski definition) is 1. The lowest BCUT2D eigenvalue weighted by Crippen LogP contribution is -2.39. The predicted molar refractivity (Wildman–Crippen MR) is 97.2 cm³/mol. The molecule has 3 rings (SSSR count). The normalized spacial score (nSPS) is 19.0. The van der Waals surface area contributed by atoms with Crippen LogP contribution in [0.15, 0.2) is 21.3 Å². The summed E-state index contributed by atoms with van der Waals surface area (Å²) in [4.78, 5) is 26.3. The minimum Gasteiger partial charge on any atom is -0.507 e. The molecule has 0 bridgehead atoms. The molecule has 2 aromatic rings. The maximum absolute atomic E-state index is 12.6. The number of hydrogen-bond acceptors (Lipinski definition) is 6. The highest BCUT2D eigenvalue weighted by molar-refractivity contribution is 7.91. The fourth-order valence-corrected chi connectivity index (χ4v) is 5.20. The molecule has 0 saturated carbocycles. The van der Waals surface area contributed by atoms with Gasteiger partial charge in [-0.1, -0.05) is 0 Å². The molecule has 1 aromatic carbocycles. The zero-order valence-electron chi connectivity index (χ0n) is 14.9. The first-order chi connectivity index (χ1) is 12.1. The Hall–Kier alpha value is -2.35. The average molecular weight is 379 g/mol. The van der Waals surface area contributed by atoms with E-state index in [1.807, 2.05) is 0 Å². The quantitative estimate of drug-likeness (QED) is 0.806. The van der Waals surface area contributed by atoms with Gasteiger partial charge in [0.15, 0.2) is 9.84 Å². The van der Waals surface area contributed by atoms with Crippen LogP contribution in [0.3, 0.4) is 0 Å². The lowest BCUT2D eigenvalue weighted by molar-refractivity contribution is -0.130. The summed E-state index contributed by atoms with van der Waals surface area (Å²) in [5.41, 5.74) is 1.07. The number of phenols is 1. The first kappa shape index (κ1) is 18.4. The Bertz CT molecular complexity index is 1050. The van der Waals surface area contributed by atoms with E-state index in [9.17, 15) is 23.1 Å². The van der Waals surface area contributed by atoms with E-state index in [1.54, 1.807) is 33.0 Å². The summed E-state index contributed by atoms with van der Waals surface area (Å²) in [7, 11) is -1.56. The van der Waals surface area contributed by atoms with Gasteiger partial charge in [-0.25, -0.2) is 13.2 Å². The van der Waals surface area contributed by atoms with E-state index in [0.717, 1.165) is 5.56 Å². The van der Waals surface area contributed by atoms with Gasteiger partial charge in [0.2, 0.25) is 5.91 Å². The molecule has 0 unspecified atom stereocenters. The van der Waals surface area contributed by atoms with E-state index in [0.29, 0.717) is 17.4 Å². The molecule has 1 amide bonds. The predicted octanol–water partition coefficient (Wildman–Crippen LogP) is 1.30. The van der Waals surface area contributed by atoms with E-state index >= 15 is 0 Å². The topological polar surface area (TPSA) is 105 Å². The van der Waals surface area contributed by atoms with Crippen LogP contribution in [0.5, 0.6) is 5.75 Å². The van der Waals surface area contributed by atoms with Gasteiger partial charge in [-0.3, -0.25) is 4.79 Å². The highest BCUT2D eigenvalue weighted by atomic mass is 32.2. The van der Waals surface area contributed by atoms with E-state index in [4.69, 9.17) is 4.42 Å². The zero-order chi connectivity index (χ0) is 19.2. The number of aryl methyl sites for hydroxylation is 2. The Morgan fingerprint density at radius 1 is 1.35 bits per heavy atom. The van der Waals surface area contributed by atoms with Crippen molar-refractivity contribution in [2.45, 2.75) is 32.7 Å². The van der Waals surface area contributed by atoms with E-state index in [-0.39, 0.29) is 46.8 Å². The van der Waals surface area contributed by atoms with E-state index < -0.39 is 15.5 Å². The van der Waals surface area contributed by atoms with Crippen LogP contribution in [-0.2, 0) is 21.1 Å². The Labute approximate surface area is 151 Å². The Morgan fingerprint density at radius 2 is 2.04 bits per heavy atom. The van der Waals surface area contributed by atoms with E-state index in [1.165, 1.54) is 4.90 Å². The molecule has 0 spiro atoms. The van der Waals surface area contributed by atoms with E-state index in [2.05, 4.69) is 0 Å². The molecule has 1 fully saturated rings. The second kappa shape index (κ2) is 6.42. The number of carbonyl (C=O) groups is 1. The number of phenolic OH excluding ortho intramolecular Hbond substituents is 1. The lowest BCUT2D eigenvalue weighted by atomic mass is 10.0. The number of fused-ring (bicyclic) bond motifs is 1. The number of sulfone groups is 1. The molecule has 7 nitrogen and oxygen atoms in total. The molecule has 26 heavy (non-hydrogen) atoms. The van der Waals surface area contributed by atoms with Gasteiger partial charge in [0.1, 0.15) is 11.3 Å². The maximum Gasteiger partial charge on any atom is 0.340 e. The molecule has 1 aliphatic rings. The summed E-state index contributed by atoms with van der Waals surface area (Å²) in [6.07, 6.45) is 0.195. The van der Waals surface area contributed by atoms with Gasteiger partial charge in [-0.05, 0) is 43.5 Å². The van der Waals surface area contributed by atoms with Gasteiger partial charge in [0.25, 0.3) is 0 Å². The van der Waals surface area contributed by atoms with Crippen molar-refractivity contribution >= 4 is 26.7 Å². The molecule has 8 heteroatoms. The van der Waals surface area contributed by atoms with Crippen molar-refractivity contribution in [2.75, 3.05) is 18.6 Å². The third-order valence-corrected chi connectivity index (χ3v) is 6.73. The van der Waals surface area contributed by atoms with Crippen molar-refractivity contribution in [3.63, 3.8) is 0 Å². The van der Waals surface area contributed by atoms with Crippen molar-refractivity contribution in [3.8, 4) is 5.75 Å². The van der Waals surface area contributed by atoms with Crippen LogP contribution in [0.1, 0.15) is 23.1 Å². The van der Waals surface area contributed by atoms with Crippen molar-refractivity contribution in [1.29, 1.82) is 0 Å². The van der Waals surface area contributed by atoms with Crippen LogP contribution in [0.2, 0.25) is 0 Å². The summed E-state index contributed by atoms with van der Waals surface area (Å²) >= 11 is 0. The average Bonchev–Trinajstić information content (AvgIpc) is 2.89. The van der Waals surface area contributed by atoms with Crippen LogP contribution in [0.25, 0.3) is 11.0 Å². The van der Waals surface area contributed by atoms with Crippen LogP contribution in [-0.4, -0.2) is 48.9 Å². The number of aromatic hydroxyl groups is 1. The first-order valence-corrected chi connectivity index (χ1v) is 10.1. The van der Waals surface area contributed by atoms with Gasteiger partial charge >= 0.3 is 5.63 Å². The van der Waals surface area contributed by atoms with Gasteiger partial charge in [0.05, 0.1) is 28.9 Å². The van der Waals surface area contributed by atoms with Crippen molar-refractivity contribution < 1.29 is 22.7 Å². The summed E-state index contributed by atoms with van der Waals surface area (Å²) < 4.78 is 28.5. The number of carbonyl (C=O) groups excluding carboxylic acids is 1. The fraction of sp³-hybridized carbons (Fsp3) is 0.444. The molecule has 1 aliphatic heterocycles. The Morgan fingerprint density at radius 3 is 2.65 bits per heavy atom. The SMILES string of the molecule is Cc1cc(O)c2c(C)c(CC(=O)N(C)[C@H]3CCS(=O)(=O)C3)c(=O)oc2c1. The van der Waals surface area contributed by atoms with Gasteiger partial charge in [0, 0.05) is 13.1 Å². The van der Waals surface area contributed by atoms with Gasteiger partial charge < -0.3 is 14.4 Å². The number of nitrogens with zero attached hydrogens (tertiary/aromatic N) is 1. The molecule has 1 aromatic heterocycles. The largest absolute Gasteiger partial charge is 0.507 e. The fourth-order valence-electron chi connectivity index (χ4n) is 3.42. The van der Waals surface area contributed by atoms with Crippen LogP contribution >= 0.6 is 0 Å². The molecule has 1 saturated heterocycles. The molecule has 2 heterocycles. The lowest BCUT2D eigenvalue weighted by Gasteiger charge is -2.23. The highest BCUT2D eigenvalue weighted by Crippen LogP contribution is 2.30. The number of amides is 1. The van der Waals surface area contributed by atoms with Crippen LogP contribution in [0, 0.1) is 13.8 Å². The highest BCUT2D eigenvalue weighted by Gasteiger charge is 2.33. The molecule has 1 N–H and O–H groups in total. The minimum atomic E-state index is -3.11. The molecule has 1 atom stereocenters. The summed E-state index contributed by atoms with van der Waals surface area (Å²) in [5, 5.41) is 10.6. The second-order valence-corrected chi connectivity index (χ2v) is 9.12. The van der Waals surface area contributed by atoms with Crippen LogP contribution in [0.4, 0.5) is 0 Å². The van der Waals surface area contributed by atoms with Gasteiger partial charge in [-0.15, -0.1) is 0 Å².